The molecule has 1 heteroatoms. The molecule has 0 heterocycles. The number of hydrogen-bond donors (Lipinski definition) is 0. The highest BCUT2D eigenvalue weighted by molar-refractivity contribution is 6.18. The van der Waals surface area contributed by atoms with Crippen LogP contribution in [0.5, 0.6) is 0 Å². The molecule has 0 amide bonds. The molecule has 1 atom stereocenters. The summed E-state index contributed by atoms with van der Waals surface area (Å²) in [6.45, 7) is 7.29. The van der Waals surface area contributed by atoms with E-state index >= 15 is 0 Å². The number of allylic oxidation sites excluding steroid dienone is 2. The molecule has 0 rings (SSSR count). The normalized spacial score (nSPS) is 12.6. The van der Waals surface area contributed by atoms with Crippen molar-refractivity contribution in [2.24, 2.45) is 5.92 Å². The smallest absolute Gasteiger partial charge is 0.0286 e. The Balaban J connectivity index is 3.30. The second-order valence-corrected chi connectivity index (χ2v) is 2.32. The molecular formula is C8H13Cl. The minimum Gasteiger partial charge on any atom is -0.126 e. The Morgan fingerprint density at radius 1 is 1.44 bits per heavy atom. The quantitative estimate of drug-likeness (QED) is 0.411. The van der Waals surface area contributed by atoms with Gasteiger partial charge in [0.25, 0.3) is 0 Å². The van der Waals surface area contributed by atoms with E-state index in [1.807, 2.05) is 12.2 Å². The molecule has 0 spiro atoms. The van der Waals surface area contributed by atoms with Gasteiger partial charge in [-0.05, 0) is 18.8 Å². The van der Waals surface area contributed by atoms with Gasteiger partial charge in [0.05, 0.1) is 0 Å². The van der Waals surface area contributed by atoms with Crippen LogP contribution in [0.4, 0.5) is 0 Å². The summed E-state index contributed by atoms with van der Waals surface area (Å²) in [4.78, 5) is 0. The van der Waals surface area contributed by atoms with Gasteiger partial charge in [0.15, 0.2) is 0 Å². The van der Waals surface area contributed by atoms with Crippen LogP contribution >= 0.6 is 11.6 Å². The predicted octanol–water partition coefficient (Wildman–Crippen LogP) is 2.99. The third kappa shape index (κ3) is 4.28. The van der Waals surface area contributed by atoms with E-state index in [0.29, 0.717) is 11.8 Å². The molecule has 0 radical (unpaired) electrons. The van der Waals surface area contributed by atoms with Crippen LogP contribution < -0.4 is 0 Å². The summed E-state index contributed by atoms with van der Waals surface area (Å²) in [7, 11) is 0. The molecule has 0 bridgehead atoms. The van der Waals surface area contributed by atoms with Gasteiger partial charge in [0.1, 0.15) is 0 Å². The minimum absolute atomic E-state index is 0.463. The second-order valence-electron chi connectivity index (χ2n) is 2.02. The molecule has 1 unspecified atom stereocenters. The predicted molar refractivity (Wildman–Crippen MR) is 43.8 cm³/mol. The highest BCUT2D eigenvalue weighted by Crippen LogP contribution is 2.08. The van der Waals surface area contributed by atoms with E-state index in [0.717, 1.165) is 12.8 Å². The third-order valence-corrected chi connectivity index (χ3v) is 1.67. The summed E-state index contributed by atoms with van der Waals surface area (Å²) < 4.78 is 0. The topological polar surface area (TPSA) is 0 Å². The largest absolute Gasteiger partial charge is 0.126 e. The molecular weight excluding hydrogens is 132 g/mol. The second kappa shape index (κ2) is 5.90. The van der Waals surface area contributed by atoms with Crippen LogP contribution in [0.3, 0.4) is 0 Å². The number of hydrogen-bond acceptors (Lipinski definition) is 0. The summed E-state index contributed by atoms with van der Waals surface area (Å²) in [6.07, 6.45) is 5.92. The van der Waals surface area contributed by atoms with Gasteiger partial charge in [-0.15, -0.1) is 24.8 Å². The van der Waals surface area contributed by atoms with Gasteiger partial charge >= 0.3 is 0 Å². The first-order valence-corrected chi connectivity index (χ1v) is 3.68. The molecule has 0 saturated heterocycles. The molecule has 0 aliphatic heterocycles. The Bertz CT molecular complexity index is 86.6. The van der Waals surface area contributed by atoms with Gasteiger partial charge in [0, 0.05) is 5.88 Å². The first-order chi connectivity index (χ1) is 4.35. The van der Waals surface area contributed by atoms with Crippen molar-refractivity contribution < 1.29 is 0 Å². The van der Waals surface area contributed by atoms with E-state index in [9.17, 15) is 0 Å². The molecule has 0 aromatic rings. The molecule has 0 nitrogen and oxygen atoms in total. The van der Waals surface area contributed by atoms with Crippen molar-refractivity contribution in [2.45, 2.75) is 12.8 Å². The zero-order chi connectivity index (χ0) is 7.11. The van der Waals surface area contributed by atoms with Crippen molar-refractivity contribution >= 4 is 11.6 Å². The Morgan fingerprint density at radius 2 is 2.11 bits per heavy atom. The van der Waals surface area contributed by atoms with Gasteiger partial charge in [-0.25, -0.2) is 0 Å². The van der Waals surface area contributed by atoms with Crippen LogP contribution in [-0.2, 0) is 0 Å². The maximum Gasteiger partial charge on any atom is 0.0286 e. The van der Waals surface area contributed by atoms with Gasteiger partial charge in [-0.2, -0.15) is 0 Å². The first-order valence-electron chi connectivity index (χ1n) is 3.14. The van der Waals surface area contributed by atoms with Crippen molar-refractivity contribution in [1.82, 2.24) is 0 Å². The van der Waals surface area contributed by atoms with Crippen LogP contribution in [0.25, 0.3) is 0 Å². The van der Waals surface area contributed by atoms with Gasteiger partial charge < -0.3 is 0 Å². The Hall–Kier alpha value is -0.230. The number of rotatable bonds is 5. The fourth-order valence-corrected chi connectivity index (χ4v) is 0.870. The molecule has 0 aliphatic rings. The van der Waals surface area contributed by atoms with Crippen molar-refractivity contribution in [1.29, 1.82) is 0 Å². The Labute approximate surface area is 62.2 Å². The Kier molecular flexibility index (Phi) is 5.75. The monoisotopic (exact) mass is 144 g/mol. The van der Waals surface area contributed by atoms with Crippen LogP contribution in [0.1, 0.15) is 12.8 Å². The van der Waals surface area contributed by atoms with E-state index in [1.165, 1.54) is 0 Å². The molecule has 0 aromatic heterocycles. The Morgan fingerprint density at radius 3 is 2.44 bits per heavy atom. The van der Waals surface area contributed by atoms with Crippen molar-refractivity contribution in [3.8, 4) is 0 Å². The summed E-state index contributed by atoms with van der Waals surface area (Å²) in [6, 6.07) is 0. The molecule has 0 fully saturated rings. The molecule has 52 valence electrons. The van der Waals surface area contributed by atoms with E-state index in [4.69, 9.17) is 11.6 Å². The summed E-state index contributed by atoms with van der Waals surface area (Å²) in [5.41, 5.74) is 0. The lowest BCUT2D eigenvalue weighted by Crippen LogP contribution is -1.95. The lowest BCUT2D eigenvalue weighted by molar-refractivity contribution is 0.666. The standard InChI is InChI=1S/C8H13Cl/c1-3-5-6-8(4-2)7-9/h3-4,8H,1-2,5-7H2. The zero-order valence-corrected chi connectivity index (χ0v) is 6.40. The van der Waals surface area contributed by atoms with Gasteiger partial charge in [-0.3, -0.25) is 0 Å². The molecule has 0 aliphatic carbocycles. The van der Waals surface area contributed by atoms with E-state index < -0.39 is 0 Å². The van der Waals surface area contributed by atoms with Crippen molar-refractivity contribution in [3.63, 3.8) is 0 Å². The summed E-state index contributed by atoms with van der Waals surface area (Å²) >= 11 is 5.60. The van der Waals surface area contributed by atoms with Crippen LogP contribution in [-0.4, -0.2) is 5.88 Å². The maximum atomic E-state index is 5.60. The summed E-state index contributed by atoms with van der Waals surface area (Å²) in [5.74, 6) is 1.14. The average molecular weight is 145 g/mol. The van der Waals surface area contributed by atoms with Gasteiger partial charge in [0.2, 0.25) is 0 Å². The SMILES string of the molecule is C=CCCC(C=C)CCl. The van der Waals surface area contributed by atoms with Crippen LogP contribution in [0.2, 0.25) is 0 Å². The van der Waals surface area contributed by atoms with E-state index in [-0.39, 0.29) is 0 Å². The van der Waals surface area contributed by atoms with E-state index in [2.05, 4.69) is 13.2 Å². The first kappa shape index (κ1) is 8.77. The lowest BCUT2D eigenvalue weighted by atomic mass is 10.1. The van der Waals surface area contributed by atoms with Crippen molar-refractivity contribution in [2.75, 3.05) is 5.88 Å². The lowest BCUT2D eigenvalue weighted by Gasteiger charge is -2.03. The van der Waals surface area contributed by atoms with Crippen molar-refractivity contribution in [3.05, 3.63) is 25.3 Å². The molecule has 9 heavy (non-hydrogen) atoms. The number of alkyl halides is 1. The van der Waals surface area contributed by atoms with Gasteiger partial charge in [-0.1, -0.05) is 12.2 Å². The molecule has 0 aromatic carbocycles. The van der Waals surface area contributed by atoms with Crippen LogP contribution in [0.15, 0.2) is 25.3 Å². The third-order valence-electron chi connectivity index (χ3n) is 1.27. The average Bonchev–Trinajstić information content (AvgIpc) is 1.91. The zero-order valence-electron chi connectivity index (χ0n) is 5.65. The van der Waals surface area contributed by atoms with Crippen LogP contribution in [0, 0.1) is 5.92 Å². The number of halogens is 1. The molecule has 0 N–H and O–H groups in total. The summed E-state index contributed by atoms with van der Waals surface area (Å²) in [5, 5.41) is 0. The van der Waals surface area contributed by atoms with E-state index in [1.54, 1.807) is 0 Å². The minimum atomic E-state index is 0.463. The highest BCUT2D eigenvalue weighted by Gasteiger charge is 1.98. The fraction of sp³-hybridized carbons (Fsp3) is 0.500. The fourth-order valence-electron chi connectivity index (χ4n) is 0.590. The highest BCUT2D eigenvalue weighted by atomic mass is 35.5. The molecule has 0 saturated carbocycles. The maximum absolute atomic E-state index is 5.60.